The van der Waals surface area contributed by atoms with Crippen molar-refractivity contribution < 1.29 is 80.2 Å². The predicted octanol–water partition coefficient (Wildman–Crippen LogP) is 26.2. The SMILES string of the molecule is CCCCCCCCCCCCCCCCCCCCCCCC(=O)OC[C@H](COP(=O)(O)OC[C@@H](O)COP(=O)(O)OC[C@@H](COC(=O)CCCCCCCCC)OC(=O)CCCCCCCCCCCCCCCC(C)C)OC(=O)CCCCCCCCCCCCCCCCCCCCC(C)C. The lowest BCUT2D eigenvalue weighted by atomic mass is 10.0. The maximum Gasteiger partial charge on any atom is 0.472 e. The predicted molar refractivity (Wildman–Crippen MR) is 432 cm³/mol. The minimum absolute atomic E-state index is 0.107. The van der Waals surface area contributed by atoms with E-state index in [0.717, 1.165) is 115 Å². The Labute approximate surface area is 645 Å². The summed E-state index contributed by atoms with van der Waals surface area (Å²) in [5.41, 5.74) is 0. The van der Waals surface area contributed by atoms with Gasteiger partial charge in [0, 0.05) is 25.7 Å². The van der Waals surface area contributed by atoms with Gasteiger partial charge in [0.15, 0.2) is 12.2 Å². The second-order valence-electron chi connectivity index (χ2n) is 31.9. The van der Waals surface area contributed by atoms with Crippen LogP contribution < -0.4 is 0 Å². The van der Waals surface area contributed by atoms with Crippen LogP contribution in [0.25, 0.3) is 0 Å². The summed E-state index contributed by atoms with van der Waals surface area (Å²) in [5, 5.41) is 10.7. The van der Waals surface area contributed by atoms with Crippen LogP contribution in [-0.4, -0.2) is 96.7 Å². The van der Waals surface area contributed by atoms with Gasteiger partial charge in [0.2, 0.25) is 0 Å². The first-order chi connectivity index (χ1) is 50.9. The van der Waals surface area contributed by atoms with Crippen molar-refractivity contribution in [3.8, 4) is 0 Å². The summed E-state index contributed by atoms with van der Waals surface area (Å²) in [6, 6.07) is 0. The molecule has 0 aromatic carbocycles. The van der Waals surface area contributed by atoms with Gasteiger partial charge in [-0.25, -0.2) is 9.13 Å². The van der Waals surface area contributed by atoms with Gasteiger partial charge in [-0.2, -0.15) is 0 Å². The third-order valence-electron chi connectivity index (χ3n) is 20.2. The number of aliphatic hydroxyl groups is 1. The Balaban J connectivity index is 5.16. The highest BCUT2D eigenvalue weighted by molar-refractivity contribution is 7.47. The van der Waals surface area contributed by atoms with E-state index in [4.69, 9.17) is 37.0 Å². The van der Waals surface area contributed by atoms with Gasteiger partial charge in [-0.15, -0.1) is 0 Å². The number of hydrogen-bond donors (Lipinski definition) is 3. The van der Waals surface area contributed by atoms with Crippen LogP contribution >= 0.6 is 15.6 Å². The molecule has 0 saturated carbocycles. The van der Waals surface area contributed by atoms with E-state index in [1.165, 1.54) is 263 Å². The van der Waals surface area contributed by atoms with Crippen LogP contribution in [0.1, 0.15) is 459 Å². The maximum atomic E-state index is 13.1. The maximum absolute atomic E-state index is 13.1. The lowest BCUT2D eigenvalue weighted by Gasteiger charge is -2.21. The van der Waals surface area contributed by atoms with Crippen molar-refractivity contribution in [1.82, 2.24) is 0 Å². The Hall–Kier alpha value is -1.94. The quantitative estimate of drug-likeness (QED) is 0.0222. The minimum Gasteiger partial charge on any atom is -0.462 e. The van der Waals surface area contributed by atoms with Gasteiger partial charge in [0.25, 0.3) is 0 Å². The molecule has 5 atom stereocenters. The van der Waals surface area contributed by atoms with E-state index in [1.807, 2.05) is 0 Å². The number of aliphatic hydroxyl groups excluding tert-OH is 1. The minimum atomic E-state index is -4.96. The smallest absolute Gasteiger partial charge is 0.462 e. The normalized spacial score (nSPS) is 13.8. The first-order valence-corrected chi connectivity index (χ1v) is 47.5. The zero-order chi connectivity index (χ0) is 77.1. The molecule has 0 aliphatic carbocycles. The molecular formula is C86H168O17P2. The number of phosphoric acid groups is 2. The van der Waals surface area contributed by atoms with Gasteiger partial charge >= 0.3 is 39.5 Å². The Bertz CT molecular complexity index is 2010. The number of carbonyl (C=O) groups excluding carboxylic acids is 4. The second-order valence-corrected chi connectivity index (χ2v) is 34.8. The molecule has 0 fully saturated rings. The molecule has 0 saturated heterocycles. The number of phosphoric ester groups is 2. The summed E-state index contributed by atoms with van der Waals surface area (Å²) in [6.45, 7) is 9.67. The van der Waals surface area contributed by atoms with Gasteiger partial charge in [0.05, 0.1) is 26.4 Å². The number of rotatable bonds is 85. The molecule has 0 radical (unpaired) electrons. The third kappa shape index (κ3) is 79.9. The number of hydrogen-bond acceptors (Lipinski definition) is 15. The molecule has 0 aromatic rings. The van der Waals surface area contributed by atoms with Crippen LogP contribution in [-0.2, 0) is 65.4 Å². The van der Waals surface area contributed by atoms with Crippen molar-refractivity contribution in [2.45, 2.75) is 477 Å². The molecule has 0 rings (SSSR count). The summed E-state index contributed by atoms with van der Waals surface area (Å²) in [6.07, 6.45) is 69.7. The molecule has 105 heavy (non-hydrogen) atoms. The lowest BCUT2D eigenvalue weighted by molar-refractivity contribution is -0.161. The van der Waals surface area contributed by atoms with E-state index < -0.39 is 97.5 Å². The van der Waals surface area contributed by atoms with Crippen LogP contribution in [0.15, 0.2) is 0 Å². The van der Waals surface area contributed by atoms with Gasteiger partial charge in [-0.1, -0.05) is 408 Å². The molecule has 0 amide bonds. The molecule has 0 bridgehead atoms. The topological polar surface area (TPSA) is 237 Å². The zero-order valence-electron chi connectivity index (χ0n) is 69.0. The van der Waals surface area contributed by atoms with E-state index in [1.54, 1.807) is 0 Å². The summed E-state index contributed by atoms with van der Waals surface area (Å²) in [7, 11) is -9.92. The van der Waals surface area contributed by atoms with Gasteiger partial charge in [-0.3, -0.25) is 37.3 Å². The number of esters is 4. The van der Waals surface area contributed by atoms with E-state index in [9.17, 15) is 43.2 Å². The van der Waals surface area contributed by atoms with Gasteiger partial charge in [0.1, 0.15) is 19.3 Å². The number of ether oxygens (including phenoxy) is 4. The highest BCUT2D eigenvalue weighted by Crippen LogP contribution is 2.45. The van der Waals surface area contributed by atoms with Crippen LogP contribution in [0.4, 0.5) is 0 Å². The van der Waals surface area contributed by atoms with Crippen LogP contribution in [0, 0.1) is 11.8 Å². The molecule has 0 aromatic heterocycles. The standard InChI is InChI=1S/C86H168O17P2/c1-7-9-11-13-15-16-17-18-19-20-21-22-23-27-30-35-40-45-51-57-63-69-84(89)97-75-82(103-86(91)70-64-58-52-46-41-36-31-28-25-24-26-29-33-38-43-49-54-60-66-78(3)4)77-101-105(94,95)99-73-80(87)72-98-104(92,93)100-76-81(74-96-83(88)68-62-56-48-14-12-10-8-2)102-85(90)71-65-59-53-47-42-37-32-34-39-44-50-55-61-67-79(5)6/h78-82,87H,7-77H2,1-6H3,(H,92,93)(H,94,95)/t80-,81+,82+/m0/s1. The molecule has 2 unspecified atom stereocenters. The van der Waals surface area contributed by atoms with E-state index in [2.05, 4.69) is 41.5 Å². The van der Waals surface area contributed by atoms with Crippen molar-refractivity contribution in [2.75, 3.05) is 39.6 Å². The zero-order valence-corrected chi connectivity index (χ0v) is 70.8. The fourth-order valence-electron chi connectivity index (χ4n) is 13.4. The van der Waals surface area contributed by atoms with E-state index in [0.29, 0.717) is 25.7 Å². The monoisotopic (exact) mass is 1540 g/mol. The Morgan fingerprint density at radius 3 is 0.648 bits per heavy atom. The molecule has 0 aliphatic heterocycles. The molecule has 0 spiro atoms. The van der Waals surface area contributed by atoms with Gasteiger partial charge in [-0.05, 0) is 37.5 Å². The third-order valence-corrected chi connectivity index (χ3v) is 22.1. The summed E-state index contributed by atoms with van der Waals surface area (Å²) in [5.74, 6) is -0.501. The first kappa shape index (κ1) is 103. The highest BCUT2D eigenvalue weighted by atomic mass is 31.2. The first-order valence-electron chi connectivity index (χ1n) is 44.5. The largest absolute Gasteiger partial charge is 0.472 e. The van der Waals surface area contributed by atoms with Crippen LogP contribution in [0.2, 0.25) is 0 Å². The fraction of sp³-hybridized carbons (Fsp3) is 0.953. The number of unbranched alkanes of at least 4 members (excludes halogenated alkanes) is 55. The summed E-state index contributed by atoms with van der Waals surface area (Å²) < 4.78 is 68.8. The Morgan fingerprint density at radius 2 is 0.438 bits per heavy atom. The molecule has 17 nitrogen and oxygen atoms in total. The van der Waals surface area contributed by atoms with Crippen LogP contribution in [0.5, 0.6) is 0 Å². The average Bonchev–Trinajstić information content (AvgIpc) is 0.907. The molecule has 3 N–H and O–H groups in total. The molecule has 0 heterocycles. The molecule has 0 aliphatic rings. The molecular weight excluding hydrogens is 1370 g/mol. The van der Waals surface area contributed by atoms with E-state index in [-0.39, 0.29) is 25.7 Å². The summed E-state index contributed by atoms with van der Waals surface area (Å²) >= 11 is 0. The Morgan fingerprint density at radius 1 is 0.257 bits per heavy atom. The highest BCUT2D eigenvalue weighted by Gasteiger charge is 2.30. The fourth-order valence-corrected chi connectivity index (χ4v) is 15.0. The van der Waals surface area contributed by atoms with Crippen molar-refractivity contribution in [3.63, 3.8) is 0 Å². The number of carbonyl (C=O) groups is 4. The average molecular weight is 1540 g/mol. The van der Waals surface area contributed by atoms with Crippen molar-refractivity contribution >= 4 is 39.5 Å². The Kier molecular flexibility index (Phi) is 76.0. The molecule has 19 heteroatoms. The van der Waals surface area contributed by atoms with Gasteiger partial charge < -0.3 is 33.8 Å². The van der Waals surface area contributed by atoms with Crippen molar-refractivity contribution in [3.05, 3.63) is 0 Å². The van der Waals surface area contributed by atoms with E-state index >= 15 is 0 Å². The van der Waals surface area contributed by atoms with Crippen molar-refractivity contribution in [2.24, 2.45) is 11.8 Å². The summed E-state index contributed by atoms with van der Waals surface area (Å²) in [4.78, 5) is 73.0. The van der Waals surface area contributed by atoms with Crippen LogP contribution in [0.3, 0.4) is 0 Å². The molecule has 624 valence electrons. The lowest BCUT2D eigenvalue weighted by Crippen LogP contribution is -2.30. The van der Waals surface area contributed by atoms with Crippen molar-refractivity contribution in [1.29, 1.82) is 0 Å². The second kappa shape index (κ2) is 77.4.